The monoisotopic (exact) mass is 325 g/mol. The van der Waals surface area contributed by atoms with Crippen LogP contribution in [0.2, 0.25) is 0 Å². The molecule has 4 saturated carbocycles. The summed E-state index contributed by atoms with van der Waals surface area (Å²) in [7, 11) is 0. The Balaban J connectivity index is 1.30. The molecule has 130 valence electrons. The second-order valence-electron chi connectivity index (χ2n) is 9.43. The van der Waals surface area contributed by atoms with Gasteiger partial charge in [0.1, 0.15) is 5.75 Å². The molecule has 0 aromatic heterocycles. The fourth-order valence-corrected chi connectivity index (χ4v) is 6.56. The molecule has 5 fully saturated rings. The average molecular weight is 325 g/mol. The van der Waals surface area contributed by atoms with Gasteiger partial charge in [-0.1, -0.05) is 19.1 Å². The fourth-order valence-electron chi connectivity index (χ4n) is 6.56. The maximum Gasteiger partial charge on any atom is 0.147 e. The van der Waals surface area contributed by atoms with Crippen molar-refractivity contribution in [1.29, 1.82) is 0 Å². The first kappa shape index (κ1) is 15.3. The minimum Gasteiger partial charge on any atom is -0.406 e. The molecule has 1 aromatic carbocycles. The highest BCUT2D eigenvalue weighted by Crippen LogP contribution is 2.60. The van der Waals surface area contributed by atoms with Crippen LogP contribution in [0.3, 0.4) is 0 Å². The van der Waals surface area contributed by atoms with Gasteiger partial charge in [-0.25, -0.2) is 0 Å². The Morgan fingerprint density at radius 1 is 0.875 bits per heavy atom. The SMILES string of the molecule is CC1CCN(Oc2ccc(C34CC5CC(CC(C5)C3)C4)cc2)CC1. The Morgan fingerprint density at radius 2 is 1.42 bits per heavy atom. The Hall–Kier alpha value is -1.02. The average Bonchev–Trinajstić information content (AvgIpc) is 2.56. The quantitative estimate of drug-likeness (QED) is 0.759. The zero-order valence-electron chi connectivity index (χ0n) is 15.0. The van der Waals surface area contributed by atoms with Crippen molar-refractivity contribution >= 4 is 0 Å². The zero-order valence-corrected chi connectivity index (χ0v) is 15.0. The van der Waals surface area contributed by atoms with Gasteiger partial charge in [-0.3, -0.25) is 0 Å². The molecule has 1 aliphatic heterocycles. The van der Waals surface area contributed by atoms with Crippen LogP contribution in [0.5, 0.6) is 5.75 Å². The summed E-state index contributed by atoms with van der Waals surface area (Å²) in [6, 6.07) is 9.22. The summed E-state index contributed by atoms with van der Waals surface area (Å²) >= 11 is 0. The van der Waals surface area contributed by atoms with E-state index in [-0.39, 0.29) is 0 Å². The van der Waals surface area contributed by atoms with Gasteiger partial charge in [0, 0.05) is 13.1 Å². The van der Waals surface area contributed by atoms with Gasteiger partial charge in [-0.05, 0) is 98.1 Å². The maximum atomic E-state index is 6.11. The molecule has 2 heteroatoms. The molecule has 5 aliphatic rings. The van der Waals surface area contributed by atoms with Crippen molar-refractivity contribution in [3.05, 3.63) is 29.8 Å². The van der Waals surface area contributed by atoms with Crippen LogP contribution in [0.4, 0.5) is 0 Å². The topological polar surface area (TPSA) is 12.5 Å². The third-order valence-corrected chi connectivity index (χ3v) is 7.48. The Labute approximate surface area is 146 Å². The molecule has 1 aromatic rings. The van der Waals surface area contributed by atoms with Gasteiger partial charge in [-0.15, -0.1) is 5.06 Å². The molecular formula is C22H31NO. The van der Waals surface area contributed by atoms with E-state index in [1.165, 1.54) is 51.4 Å². The van der Waals surface area contributed by atoms with Crippen molar-refractivity contribution < 1.29 is 4.84 Å². The number of hydroxylamine groups is 2. The van der Waals surface area contributed by atoms with Gasteiger partial charge >= 0.3 is 0 Å². The van der Waals surface area contributed by atoms with Crippen molar-refractivity contribution in [3.8, 4) is 5.75 Å². The van der Waals surface area contributed by atoms with E-state index in [2.05, 4.69) is 36.3 Å². The van der Waals surface area contributed by atoms with E-state index in [0.717, 1.165) is 42.5 Å². The highest BCUT2D eigenvalue weighted by Gasteiger charge is 2.51. The lowest BCUT2D eigenvalue weighted by molar-refractivity contribution is -0.0802. The van der Waals surface area contributed by atoms with E-state index in [1.807, 2.05) is 0 Å². The Morgan fingerprint density at radius 3 is 1.96 bits per heavy atom. The standard InChI is InChI=1S/C22H31NO/c1-16-6-8-23(9-7-16)24-21-4-2-20(3-5-21)22-13-17-10-18(14-22)12-19(11-17)15-22/h2-5,16-19H,6-15H2,1H3. The van der Waals surface area contributed by atoms with Crippen molar-refractivity contribution in [2.24, 2.45) is 23.7 Å². The van der Waals surface area contributed by atoms with Crippen molar-refractivity contribution in [2.45, 2.75) is 63.7 Å². The van der Waals surface area contributed by atoms with Gasteiger partial charge in [0.2, 0.25) is 0 Å². The molecule has 0 spiro atoms. The van der Waals surface area contributed by atoms with E-state index in [0.29, 0.717) is 5.41 Å². The van der Waals surface area contributed by atoms with Crippen LogP contribution < -0.4 is 4.84 Å². The van der Waals surface area contributed by atoms with Crippen LogP contribution in [0.15, 0.2) is 24.3 Å². The normalized spacial score (nSPS) is 39.3. The van der Waals surface area contributed by atoms with E-state index < -0.39 is 0 Å². The van der Waals surface area contributed by atoms with Crippen LogP contribution in [0.1, 0.15) is 63.9 Å². The minimum atomic E-state index is 0.508. The van der Waals surface area contributed by atoms with Crippen LogP contribution in [-0.4, -0.2) is 18.2 Å². The first-order valence-electron chi connectivity index (χ1n) is 10.2. The second kappa shape index (κ2) is 5.76. The van der Waals surface area contributed by atoms with Crippen LogP contribution in [-0.2, 0) is 5.41 Å². The van der Waals surface area contributed by atoms with Gasteiger partial charge in [0.15, 0.2) is 0 Å². The predicted molar refractivity (Wildman–Crippen MR) is 96.9 cm³/mol. The van der Waals surface area contributed by atoms with E-state index in [1.54, 1.807) is 5.56 Å². The molecule has 0 unspecified atom stereocenters. The molecule has 0 atom stereocenters. The number of nitrogens with zero attached hydrogens (tertiary/aromatic N) is 1. The summed E-state index contributed by atoms with van der Waals surface area (Å²) in [5.74, 6) is 4.92. The molecule has 1 heterocycles. The van der Waals surface area contributed by atoms with Crippen LogP contribution in [0.25, 0.3) is 0 Å². The predicted octanol–water partition coefficient (Wildman–Crippen LogP) is 5.18. The molecule has 4 bridgehead atoms. The van der Waals surface area contributed by atoms with Gasteiger partial charge < -0.3 is 4.84 Å². The van der Waals surface area contributed by atoms with Gasteiger partial charge in [0.25, 0.3) is 0 Å². The highest BCUT2D eigenvalue weighted by atomic mass is 16.7. The lowest BCUT2D eigenvalue weighted by Crippen LogP contribution is -2.48. The first-order valence-corrected chi connectivity index (χ1v) is 10.2. The third kappa shape index (κ3) is 2.67. The molecule has 0 amide bonds. The largest absolute Gasteiger partial charge is 0.406 e. The maximum absolute atomic E-state index is 6.11. The van der Waals surface area contributed by atoms with Gasteiger partial charge in [-0.2, -0.15) is 0 Å². The Kier molecular flexibility index (Phi) is 3.66. The molecule has 24 heavy (non-hydrogen) atoms. The molecule has 1 saturated heterocycles. The fraction of sp³-hybridized carbons (Fsp3) is 0.727. The summed E-state index contributed by atoms with van der Waals surface area (Å²) in [4.78, 5) is 6.11. The van der Waals surface area contributed by atoms with Crippen molar-refractivity contribution in [3.63, 3.8) is 0 Å². The summed E-state index contributed by atoms with van der Waals surface area (Å²) in [5.41, 5.74) is 2.11. The number of hydrogen-bond donors (Lipinski definition) is 0. The molecule has 4 aliphatic carbocycles. The number of rotatable bonds is 3. The summed E-state index contributed by atoms with van der Waals surface area (Å²) in [6.45, 7) is 4.48. The molecule has 0 radical (unpaired) electrons. The van der Waals surface area contributed by atoms with Crippen molar-refractivity contribution in [2.75, 3.05) is 13.1 Å². The molecule has 6 rings (SSSR count). The number of benzene rings is 1. The number of hydrogen-bond acceptors (Lipinski definition) is 2. The summed E-state index contributed by atoms with van der Waals surface area (Å²) in [5, 5.41) is 2.15. The highest BCUT2D eigenvalue weighted by molar-refractivity contribution is 5.34. The Bertz CT molecular complexity index is 549. The lowest BCUT2D eigenvalue weighted by atomic mass is 9.48. The van der Waals surface area contributed by atoms with E-state index in [9.17, 15) is 0 Å². The summed E-state index contributed by atoms with van der Waals surface area (Å²) in [6.07, 6.45) is 11.4. The zero-order chi connectivity index (χ0) is 16.1. The first-order chi connectivity index (χ1) is 11.7. The van der Waals surface area contributed by atoms with Gasteiger partial charge in [0.05, 0.1) is 0 Å². The smallest absolute Gasteiger partial charge is 0.147 e. The minimum absolute atomic E-state index is 0.508. The molecule has 2 nitrogen and oxygen atoms in total. The van der Waals surface area contributed by atoms with Crippen LogP contribution >= 0.6 is 0 Å². The lowest BCUT2D eigenvalue weighted by Gasteiger charge is -2.57. The van der Waals surface area contributed by atoms with E-state index >= 15 is 0 Å². The second-order valence-corrected chi connectivity index (χ2v) is 9.43. The summed E-state index contributed by atoms with van der Waals surface area (Å²) < 4.78 is 0. The third-order valence-electron chi connectivity index (χ3n) is 7.48. The van der Waals surface area contributed by atoms with Crippen LogP contribution in [0, 0.1) is 23.7 Å². The van der Waals surface area contributed by atoms with E-state index in [4.69, 9.17) is 4.84 Å². The molecule has 0 N–H and O–H groups in total. The number of piperidine rings is 1. The molecular weight excluding hydrogens is 294 g/mol. The van der Waals surface area contributed by atoms with Crippen molar-refractivity contribution in [1.82, 2.24) is 5.06 Å².